The summed E-state index contributed by atoms with van der Waals surface area (Å²) in [6.45, 7) is 1.54. The monoisotopic (exact) mass is 341 g/mol. The fraction of sp³-hybridized carbons (Fsp3) is 0.375. The highest BCUT2D eigenvalue weighted by atomic mass is 19.4. The Morgan fingerprint density at radius 2 is 1.96 bits per heavy atom. The van der Waals surface area contributed by atoms with E-state index in [0.717, 1.165) is 16.4 Å². The fourth-order valence-corrected chi connectivity index (χ4v) is 2.28. The number of carbonyl (C=O) groups excluding carboxylic acids is 1. The standard InChI is InChI=1S/C16H18F3N3O2/c1-10(13(23)8-11-6-4-3-5-7-11)20-15(24)12-9-22(2)21-14(12)16(17,18)19/h3-7,9-10,13,23H,8H2,1-2H3,(H,20,24). The van der Waals surface area contributed by atoms with Crippen LogP contribution in [0.3, 0.4) is 0 Å². The molecule has 2 unspecified atom stereocenters. The molecule has 2 aromatic rings. The predicted molar refractivity (Wildman–Crippen MR) is 81.3 cm³/mol. The Labute approximate surface area is 137 Å². The lowest BCUT2D eigenvalue weighted by Gasteiger charge is -2.20. The minimum Gasteiger partial charge on any atom is -0.391 e. The number of benzene rings is 1. The molecule has 0 spiro atoms. The summed E-state index contributed by atoms with van der Waals surface area (Å²) >= 11 is 0. The zero-order chi connectivity index (χ0) is 17.9. The van der Waals surface area contributed by atoms with E-state index in [0.29, 0.717) is 0 Å². The van der Waals surface area contributed by atoms with E-state index in [9.17, 15) is 23.1 Å². The van der Waals surface area contributed by atoms with Gasteiger partial charge in [0.25, 0.3) is 5.91 Å². The summed E-state index contributed by atoms with van der Waals surface area (Å²) in [6.07, 6.45) is -4.36. The molecule has 1 amide bonds. The first-order valence-corrected chi connectivity index (χ1v) is 7.32. The minimum absolute atomic E-state index is 0.279. The second-order valence-electron chi connectivity index (χ2n) is 5.58. The molecule has 0 radical (unpaired) electrons. The van der Waals surface area contributed by atoms with Gasteiger partial charge in [0, 0.05) is 19.7 Å². The van der Waals surface area contributed by atoms with Gasteiger partial charge in [-0.05, 0) is 12.5 Å². The molecule has 0 bridgehead atoms. The molecular weight excluding hydrogens is 323 g/mol. The molecule has 130 valence electrons. The number of nitrogens with one attached hydrogen (secondary N) is 1. The second kappa shape index (κ2) is 7.04. The molecule has 2 N–H and O–H groups in total. The average molecular weight is 341 g/mol. The first kappa shape index (κ1) is 18.0. The largest absolute Gasteiger partial charge is 0.435 e. The van der Waals surface area contributed by atoms with Crippen molar-refractivity contribution in [3.05, 3.63) is 53.3 Å². The number of aryl methyl sites for hydroxylation is 1. The maximum absolute atomic E-state index is 12.9. The molecule has 2 rings (SSSR count). The second-order valence-corrected chi connectivity index (χ2v) is 5.58. The maximum atomic E-state index is 12.9. The molecule has 2 atom stereocenters. The summed E-state index contributed by atoms with van der Waals surface area (Å²) < 4.78 is 39.6. The number of carbonyl (C=O) groups is 1. The zero-order valence-corrected chi connectivity index (χ0v) is 13.2. The number of aliphatic hydroxyl groups is 1. The number of amides is 1. The van der Waals surface area contributed by atoms with Gasteiger partial charge in [0.05, 0.1) is 17.7 Å². The molecule has 1 aromatic heterocycles. The van der Waals surface area contributed by atoms with Gasteiger partial charge in [-0.15, -0.1) is 0 Å². The lowest BCUT2D eigenvalue weighted by molar-refractivity contribution is -0.141. The Balaban J connectivity index is 2.06. The number of aromatic nitrogens is 2. The van der Waals surface area contributed by atoms with Crippen molar-refractivity contribution in [2.24, 2.45) is 7.05 Å². The molecular formula is C16H18F3N3O2. The highest BCUT2D eigenvalue weighted by molar-refractivity contribution is 5.95. The van der Waals surface area contributed by atoms with Crippen molar-refractivity contribution < 1.29 is 23.1 Å². The van der Waals surface area contributed by atoms with E-state index in [1.165, 1.54) is 14.0 Å². The maximum Gasteiger partial charge on any atom is 0.435 e. The molecule has 5 nitrogen and oxygen atoms in total. The summed E-state index contributed by atoms with van der Waals surface area (Å²) in [6, 6.07) is 8.38. The van der Waals surface area contributed by atoms with Crippen molar-refractivity contribution in [2.75, 3.05) is 0 Å². The number of halogens is 3. The van der Waals surface area contributed by atoms with E-state index in [1.807, 2.05) is 30.3 Å². The quantitative estimate of drug-likeness (QED) is 0.876. The minimum atomic E-state index is -4.72. The SMILES string of the molecule is CC(NC(=O)c1cn(C)nc1C(F)(F)F)C(O)Cc1ccccc1. The van der Waals surface area contributed by atoms with E-state index in [4.69, 9.17) is 0 Å². The van der Waals surface area contributed by atoms with Gasteiger partial charge in [0.2, 0.25) is 0 Å². The van der Waals surface area contributed by atoms with Gasteiger partial charge in [-0.3, -0.25) is 9.48 Å². The van der Waals surface area contributed by atoms with Crippen LogP contribution in [0.15, 0.2) is 36.5 Å². The smallest absolute Gasteiger partial charge is 0.391 e. The van der Waals surface area contributed by atoms with Gasteiger partial charge in [0.1, 0.15) is 0 Å². The molecule has 0 fully saturated rings. The Bertz CT molecular complexity index is 698. The van der Waals surface area contributed by atoms with Crippen LogP contribution in [0.2, 0.25) is 0 Å². The Hall–Kier alpha value is -2.35. The number of aliphatic hydroxyl groups excluding tert-OH is 1. The van der Waals surface area contributed by atoms with Gasteiger partial charge in [-0.2, -0.15) is 18.3 Å². The van der Waals surface area contributed by atoms with Crippen LogP contribution in [0, 0.1) is 0 Å². The van der Waals surface area contributed by atoms with Crippen molar-refractivity contribution in [2.45, 2.75) is 31.7 Å². The van der Waals surface area contributed by atoms with E-state index in [2.05, 4.69) is 10.4 Å². The van der Waals surface area contributed by atoms with Crippen LogP contribution >= 0.6 is 0 Å². The van der Waals surface area contributed by atoms with Crippen LogP contribution in [-0.4, -0.2) is 32.9 Å². The van der Waals surface area contributed by atoms with Gasteiger partial charge in [-0.1, -0.05) is 30.3 Å². The van der Waals surface area contributed by atoms with Crippen molar-refractivity contribution in [1.82, 2.24) is 15.1 Å². The van der Waals surface area contributed by atoms with Crippen LogP contribution in [0.1, 0.15) is 28.5 Å². The van der Waals surface area contributed by atoms with E-state index in [1.54, 1.807) is 0 Å². The molecule has 24 heavy (non-hydrogen) atoms. The third kappa shape index (κ3) is 4.35. The zero-order valence-electron chi connectivity index (χ0n) is 13.2. The van der Waals surface area contributed by atoms with Crippen LogP contribution in [0.5, 0.6) is 0 Å². The summed E-state index contributed by atoms with van der Waals surface area (Å²) in [5.41, 5.74) is -0.945. The lowest BCUT2D eigenvalue weighted by Crippen LogP contribution is -2.42. The molecule has 0 saturated carbocycles. The molecule has 8 heteroatoms. The highest BCUT2D eigenvalue weighted by Crippen LogP contribution is 2.30. The van der Waals surface area contributed by atoms with E-state index < -0.39 is 35.5 Å². The Morgan fingerprint density at radius 1 is 1.33 bits per heavy atom. The number of alkyl halides is 3. The predicted octanol–water partition coefficient (Wildman–Crippen LogP) is 2.16. The average Bonchev–Trinajstić information content (AvgIpc) is 2.90. The summed E-state index contributed by atoms with van der Waals surface area (Å²) in [4.78, 5) is 12.1. The summed E-state index contributed by atoms with van der Waals surface area (Å²) in [5, 5.41) is 15.8. The van der Waals surface area contributed by atoms with Crippen molar-refractivity contribution >= 4 is 5.91 Å². The number of rotatable bonds is 5. The first-order valence-electron chi connectivity index (χ1n) is 7.32. The third-order valence-electron chi connectivity index (χ3n) is 3.57. The van der Waals surface area contributed by atoms with Crippen LogP contribution in [0.4, 0.5) is 13.2 Å². The summed E-state index contributed by atoms with van der Waals surface area (Å²) in [5.74, 6) is -0.921. The van der Waals surface area contributed by atoms with Gasteiger partial charge < -0.3 is 10.4 Å². The Kier molecular flexibility index (Phi) is 5.28. The molecule has 0 aliphatic carbocycles. The van der Waals surface area contributed by atoms with Gasteiger partial charge >= 0.3 is 6.18 Å². The molecule has 1 aromatic carbocycles. The molecule has 0 aliphatic rings. The van der Waals surface area contributed by atoms with Gasteiger partial charge in [0.15, 0.2) is 5.69 Å². The lowest BCUT2D eigenvalue weighted by atomic mass is 10.0. The van der Waals surface area contributed by atoms with Crippen LogP contribution in [0.25, 0.3) is 0 Å². The molecule has 0 saturated heterocycles. The number of hydrogen-bond donors (Lipinski definition) is 2. The van der Waals surface area contributed by atoms with Crippen molar-refractivity contribution in [3.8, 4) is 0 Å². The molecule has 0 aliphatic heterocycles. The van der Waals surface area contributed by atoms with Crippen molar-refractivity contribution in [3.63, 3.8) is 0 Å². The van der Waals surface area contributed by atoms with E-state index >= 15 is 0 Å². The normalized spacial score (nSPS) is 14.2. The highest BCUT2D eigenvalue weighted by Gasteiger charge is 2.39. The molecule has 1 heterocycles. The van der Waals surface area contributed by atoms with Gasteiger partial charge in [-0.25, -0.2) is 0 Å². The topological polar surface area (TPSA) is 67.2 Å². The summed E-state index contributed by atoms with van der Waals surface area (Å²) in [7, 11) is 1.31. The Morgan fingerprint density at radius 3 is 2.54 bits per heavy atom. The first-order chi connectivity index (χ1) is 11.2. The van der Waals surface area contributed by atoms with Crippen molar-refractivity contribution in [1.29, 1.82) is 0 Å². The number of nitrogens with zero attached hydrogens (tertiary/aromatic N) is 2. The van der Waals surface area contributed by atoms with Crippen LogP contribution in [-0.2, 0) is 19.6 Å². The third-order valence-corrected chi connectivity index (χ3v) is 3.57. The van der Waals surface area contributed by atoms with Crippen LogP contribution < -0.4 is 5.32 Å². The number of hydrogen-bond acceptors (Lipinski definition) is 3. The fourth-order valence-electron chi connectivity index (χ4n) is 2.28. The van der Waals surface area contributed by atoms with E-state index in [-0.39, 0.29) is 6.42 Å².